The van der Waals surface area contributed by atoms with E-state index in [0.717, 1.165) is 26.9 Å². The van der Waals surface area contributed by atoms with Crippen molar-refractivity contribution in [1.82, 2.24) is 0 Å². The van der Waals surface area contributed by atoms with Crippen LogP contribution in [0.3, 0.4) is 0 Å². The smallest absolute Gasteiger partial charge is 0.274 e. The van der Waals surface area contributed by atoms with Crippen LogP contribution in [-0.4, -0.2) is 23.2 Å². The molecule has 3 aromatic carbocycles. The summed E-state index contributed by atoms with van der Waals surface area (Å²) in [6, 6.07) is 22.6. The van der Waals surface area contributed by atoms with E-state index in [9.17, 15) is 9.90 Å². The second-order valence-corrected chi connectivity index (χ2v) is 9.26. The second kappa shape index (κ2) is 7.83. The number of aromatic hydroxyl groups is 1. The lowest BCUT2D eigenvalue weighted by molar-refractivity contribution is -0.113. The predicted octanol–water partition coefficient (Wildman–Crippen LogP) is 5.88. The Kier molecular flexibility index (Phi) is 5.00. The van der Waals surface area contributed by atoms with Gasteiger partial charge in [0.1, 0.15) is 10.7 Å². The van der Waals surface area contributed by atoms with Gasteiger partial charge in [0.05, 0.1) is 22.1 Å². The number of anilines is 2. The number of hydrogen-bond acceptors (Lipinski definition) is 6. The molecule has 2 heterocycles. The topological polar surface area (TPSA) is 56.1 Å². The summed E-state index contributed by atoms with van der Waals surface area (Å²) in [6.45, 7) is 2.03. The Balaban J connectivity index is 1.61. The van der Waals surface area contributed by atoms with E-state index in [1.807, 2.05) is 50.4 Å². The molecule has 1 N–H and O–H groups in total. The van der Waals surface area contributed by atoms with Crippen molar-refractivity contribution >= 4 is 51.7 Å². The van der Waals surface area contributed by atoms with Crippen molar-refractivity contribution < 1.29 is 9.90 Å². The zero-order valence-corrected chi connectivity index (χ0v) is 18.6. The molecule has 2 aliphatic heterocycles. The van der Waals surface area contributed by atoms with E-state index in [0.29, 0.717) is 15.8 Å². The van der Waals surface area contributed by atoms with Crippen LogP contribution in [0.1, 0.15) is 5.56 Å². The molecule has 1 saturated heterocycles. The van der Waals surface area contributed by atoms with Gasteiger partial charge in [-0.2, -0.15) is 0 Å². The maximum Gasteiger partial charge on any atom is 0.274 e. The standard InChI is InChI=1S/C24H19N3O2S2/c1-15-7-9-16(10-8-15)25-24-27(17-11-13-18(28)14-12-17)22(29)21(31-24)23-26(2)19-5-3-4-6-20(19)30-23/h3-14,28H,1-2H3/b23-21-,25-24?. The normalized spacial score (nSPS) is 19.4. The number of amides is 1. The van der Waals surface area contributed by atoms with Crippen molar-refractivity contribution in [3.8, 4) is 5.75 Å². The minimum Gasteiger partial charge on any atom is -0.508 e. The number of rotatable bonds is 2. The van der Waals surface area contributed by atoms with Gasteiger partial charge < -0.3 is 10.0 Å². The van der Waals surface area contributed by atoms with Gasteiger partial charge in [-0.05, 0) is 67.2 Å². The summed E-state index contributed by atoms with van der Waals surface area (Å²) in [4.78, 5) is 23.8. The Morgan fingerprint density at radius 2 is 1.61 bits per heavy atom. The van der Waals surface area contributed by atoms with Gasteiger partial charge in [0.15, 0.2) is 5.17 Å². The van der Waals surface area contributed by atoms with Crippen LogP contribution in [0.5, 0.6) is 5.75 Å². The van der Waals surface area contributed by atoms with Crippen molar-refractivity contribution in [3.63, 3.8) is 0 Å². The molecule has 3 aromatic rings. The quantitative estimate of drug-likeness (QED) is 0.499. The summed E-state index contributed by atoms with van der Waals surface area (Å²) >= 11 is 2.98. The number of nitrogens with zero attached hydrogens (tertiary/aromatic N) is 3. The van der Waals surface area contributed by atoms with Gasteiger partial charge in [-0.1, -0.05) is 41.6 Å². The Bertz CT molecular complexity index is 1230. The Labute approximate surface area is 189 Å². The number of thioether (sulfide) groups is 2. The van der Waals surface area contributed by atoms with Gasteiger partial charge in [-0.25, -0.2) is 4.99 Å². The van der Waals surface area contributed by atoms with Crippen LogP contribution in [0.15, 0.2) is 92.6 Å². The number of phenols is 1. The van der Waals surface area contributed by atoms with Gasteiger partial charge in [-0.15, -0.1) is 0 Å². The second-order valence-electron chi connectivity index (χ2n) is 7.25. The van der Waals surface area contributed by atoms with E-state index in [4.69, 9.17) is 4.99 Å². The first-order valence-corrected chi connectivity index (χ1v) is 11.4. The lowest BCUT2D eigenvalue weighted by Crippen LogP contribution is -2.29. The molecule has 0 aliphatic carbocycles. The van der Waals surface area contributed by atoms with Crippen LogP contribution in [0.4, 0.5) is 17.1 Å². The highest BCUT2D eigenvalue weighted by atomic mass is 32.2. The molecule has 0 atom stereocenters. The Morgan fingerprint density at radius 3 is 2.32 bits per heavy atom. The number of aliphatic imine (C=N–C) groups is 1. The van der Waals surface area contributed by atoms with Crippen LogP contribution < -0.4 is 9.80 Å². The first-order chi connectivity index (χ1) is 15.0. The molecule has 0 radical (unpaired) electrons. The Morgan fingerprint density at radius 1 is 0.903 bits per heavy atom. The number of amidine groups is 1. The lowest BCUT2D eigenvalue weighted by Gasteiger charge is -2.17. The van der Waals surface area contributed by atoms with Crippen molar-refractivity contribution in [2.45, 2.75) is 11.8 Å². The van der Waals surface area contributed by atoms with Crippen molar-refractivity contribution in [2.75, 3.05) is 16.8 Å². The zero-order valence-electron chi connectivity index (χ0n) is 16.9. The molecule has 31 heavy (non-hydrogen) atoms. The SMILES string of the molecule is Cc1ccc(N=C2S/C(=C3\Sc4ccccc4N3C)C(=O)N2c2ccc(O)cc2)cc1. The molecule has 7 heteroatoms. The largest absolute Gasteiger partial charge is 0.508 e. The average Bonchev–Trinajstić information content (AvgIpc) is 3.27. The fraction of sp³-hybridized carbons (Fsp3) is 0.0833. The van der Waals surface area contributed by atoms with Gasteiger partial charge >= 0.3 is 0 Å². The number of aryl methyl sites for hydroxylation is 1. The molecule has 1 amide bonds. The first kappa shape index (κ1) is 19.8. The van der Waals surface area contributed by atoms with Crippen LogP contribution in [0.25, 0.3) is 0 Å². The summed E-state index contributed by atoms with van der Waals surface area (Å²) in [5.74, 6) is 0.0314. The van der Waals surface area contributed by atoms with E-state index >= 15 is 0 Å². The monoisotopic (exact) mass is 445 g/mol. The summed E-state index contributed by atoms with van der Waals surface area (Å²) in [5.41, 5.74) is 3.69. The van der Waals surface area contributed by atoms with Crippen molar-refractivity contribution in [3.05, 3.63) is 88.3 Å². The van der Waals surface area contributed by atoms with E-state index in [1.54, 1.807) is 40.9 Å². The van der Waals surface area contributed by atoms with Crippen LogP contribution in [0.2, 0.25) is 0 Å². The molecule has 1 fully saturated rings. The summed E-state index contributed by atoms with van der Waals surface area (Å²) < 4.78 is 0. The Hall–Kier alpha value is -3.16. The van der Waals surface area contributed by atoms with Crippen molar-refractivity contribution in [2.24, 2.45) is 4.99 Å². The molecule has 0 unspecified atom stereocenters. The molecule has 5 rings (SSSR count). The third-order valence-electron chi connectivity index (χ3n) is 5.08. The van der Waals surface area contributed by atoms with Gasteiger partial charge in [0.2, 0.25) is 0 Å². The summed E-state index contributed by atoms with van der Waals surface area (Å²) in [7, 11) is 1.98. The molecule has 0 aromatic heterocycles. The van der Waals surface area contributed by atoms with Crippen LogP contribution in [0, 0.1) is 6.92 Å². The third-order valence-corrected chi connectivity index (χ3v) is 7.47. The molecule has 154 valence electrons. The maximum absolute atomic E-state index is 13.6. The van der Waals surface area contributed by atoms with Gasteiger partial charge in [0.25, 0.3) is 5.91 Å². The fourth-order valence-corrected chi connectivity index (χ4v) is 5.78. The molecule has 2 aliphatic rings. The van der Waals surface area contributed by atoms with E-state index in [1.165, 1.54) is 11.8 Å². The molecule has 0 bridgehead atoms. The molecular formula is C24H19N3O2S2. The molecule has 0 spiro atoms. The minimum atomic E-state index is -0.122. The number of carbonyl (C=O) groups excluding carboxylic acids is 1. The summed E-state index contributed by atoms with van der Waals surface area (Å²) in [5, 5.41) is 11.2. The predicted molar refractivity (Wildman–Crippen MR) is 129 cm³/mol. The zero-order chi connectivity index (χ0) is 21.5. The first-order valence-electron chi connectivity index (χ1n) is 9.73. The molecular weight excluding hydrogens is 426 g/mol. The number of carbonyl (C=O) groups is 1. The number of para-hydroxylation sites is 1. The third kappa shape index (κ3) is 3.60. The van der Waals surface area contributed by atoms with E-state index < -0.39 is 0 Å². The fourth-order valence-electron chi connectivity index (χ4n) is 3.44. The molecule has 5 nitrogen and oxygen atoms in total. The minimum absolute atomic E-state index is 0.122. The number of hydrogen-bond donors (Lipinski definition) is 1. The summed E-state index contributed by atoms with van der Waals surface area (Å²) in [6.07, 6.45) is 0. The highest BCUT2D eigenvalue weighted by molar-refractivity contribution is 8.20. The van der Waals surface area contributed by atoms with Crippen molar-refractivity contribution in [1.29, 1.82) is 0 Å². The van der Waals surface area contributed by atoms with E-state index in [-0.39, 0.29) is 11.7 Å². The number of fused-ring (bicyclic) bond motifs is 1. The highest BCUT2D eigenvalue weighted by Gasteiger charge is 2.40. The highest BCUT2D eigenvalue weighted by Crippen LogP contribution is 2.50. The van der Waals surface area contributed by atoms with Crippen LogP contribution >= 0.6 is 23.5 Å². The lowest BCUT2D eigenvalue weighted by atomic mass is 10.2. The van der Waals surface area contributed by atoms with Gasteiger partial charge in [-0.3, -0.25) is 9.69 Å². The molecule has 0 saturated carbocycles. The van der Waals surface area contributed by atoms with Gasteiger partial charge in [0, 0.05) is 11.9 Å². The maximum atomic E-state index is 13.6. The average molecular weight is 446 g/mol. The number of benzene rings is 3. The van der Waals surface area contributed by atoms with E-state index in [2.05, 4.69) is 17.0 Å². The number of phenolic OH excluding ortho intramolecular Hbond substituents is 1. The van der Waals surface area contributed by atoms with Crippen LogP contribution in [-0.2, 0) is 4.79 Å².